The summed E-state index contributed by atoms with van der Waals surface area (Å²) in [7, 11) is 1.72. The summed E-state index contributed by atoms with van der Waals surface area (Å²) in [6.45, 7) is 6.58. The molecule has 0 amide bonds. The first-order valence-corrected chi connectivity index (χ1v) is 7.34. The zero-order chi connectivity index (χ0) is 13.8. The van der Waals surface area contributed by atoms with E-state index in [9.17, 15) is 0 Å². The van der Waals surface area contributed by atoms with Gasteiger partial charge in [-0.2, -0.15) is 0 Å². The second-order valence-corrected chi connectivity index (χ2v) is 5.54. The SMILES string of the molecule is CCC1CCCN(c2cccc(OC)c2[C@H](C)N)C1. The number of rotatable bonds is 4. The Hall–Kier alpha value is -1.22. The summed E-state index contributed by atoms with van der Waals surface area (Å²) in [5.74, 6) is 1.71. The van der Waals surface area contributed by atoms with E-state index in [2.05, 4.69) is 24.0 Å². The van der Waals surface area contributed by atoms with E-state index in [0.717, 1.165) is 30.3 Å². The summed E-state index contributed by atoms with van der Waals surface area (Å²) in [6, 6.07) is 6.24. The van der Waals surface area contributed by atoms with E-state index < -0.39 is 0 Å². The molecule has 0 radical (unpaired) electrons. The van der Waals surface area contributed by atoms with Crippen LogP contribution in [-0.2, 0) is 0 Å². The molecule has 106 valence electrons. The number of anilines is 1. The number of methoxy groups -OCH3 is 1. The molecule has 2 N–H and O–H groups in total. The van der Waals surface area contributed by atoms with Gasteiger partial charge in [-0.05, 0) is 37.8 Å². The molecule has 1 heterocycles. The average molecular weight is 262 g/mol. The van der Waals surface area contributed by atoms with Gasteiger partial charge in [0, 0.05) is 30.4 Å². The molecule has 1 saturated heterocycles. The Bertz CT molecular complexity index is 417. The van der Waals surface area contributed by atoms with Crippen molar-refractivity contribution in [2.45, 2.75) is 39.2 Å². The van der Waals surface area contributed by atoms with Crippen molar-refractivity contribution in [1.29, 1.82) is 0 Å². The van der Waals surface area contributed by atoms with Crippen LogP contribution in [0, 0.1) is 5.92 Å². The summed E-state index contributed by atoms with van der Waals surface area (Å²) in [4.78, 5) is 2.48. The molecule has 0 aromatic heterocycles. The summed E-state index contributed by atoms with van der Waals surface area (Å²) in [5.41, 5.74) is 8.56. The summed E-state index contributed by atoms with van der Waals surface area (Å²) in [5, 5.41) is 0. The van der Waals surface area contributed by atoms with Crippen molar-refractivity contribution in [3.63, 3.8) is 0 Å². The van der Waals surface area contributed by atoms with E-state index in [0.29, 0.717) is 0 Å². The van der Waals surface area contributed by atoms with Crippen LogP contribution >= 0.6 is 0 Å². The van der Waals surface area contributed by atoms with E-state index in [4.69, 9.17) is 10.5 Å². The lowest BCUT2D eigenvalue weighted by Gasteiger charge is -2.36. The van der Waals surface area contributed by atoms with Gasteiger partial charge in [0.05, 0.1) is 7.11 Å². The first kappa shape index (κ1) is 14.2. The molecule has 0 saturated carbocycles. The number of nitrogens with zero attached hydrogens (tertiary/aromatic N) is 1. The van der Waals surface area contributed by atoms with Crippen LogP contribution in [0.3, 0.4) is 0 Å². The van der Waals surface area contributed by atoms with E-state index >= 15 is 0 Å². The maximum absolute atomic E-state index is 6.16. The third kappa shape index (κ3) is 3.03. The van der Waals surface area contributed by atoms with E-state index in [1.165, 1.54) is 24.9 Å². The smallest absolute Gasteiger partial charge is 0.125 e. The standard InChI is InChI=1S/C16H26N2O/c1-4-13-7-6-10-18(11-13)14-8-5-9-15(19-3)16(14)12(2)17/h5,8-9,12-13H,4,6-7,10-11,17H2,1-3H3/t12-,13?/m0/s1. The Labute approximate surface area is 116 Å². The number of benzene rings is 1. The topological polar surface area (TPSA) is 38.5 Å². The van der Waals surface area contributed by atoms with Crippen molar-refractivity contribution in [3.8, 4) is 5.75 Å². The molecular weight excluding hydrogens is 236 g/mol. The minimum Gasteiger partial charge on any atom is -0.496 e. The first-order valence-electron chi connectivity index (χ1n) is 7.34. The van der Waals surface area contributed by atoms with Gasteiger partial charge in [-0.15, -0.1) is 0 Å². The number of hydrogen-bond acceptors (Lipinski definition) is 3. The van der Waals surface area contributed by atoms with Crippen LogP contribution in [0.25, 0.3) is 0 Å². The fourth-order valence-electron chi connectivity index (χ4n) is 3.06. The highest BCUT2D eigenvalue weighted by Gasteiger charge is 2.23. The highest BCUT2D eigenvalue weighted by atomic mass is 16.5. The summed E-state index contributed by atoms with van der Waals surface area (Å²) in [6.07, 6.45) is 3.88. The average Bonchev–Trinajstić information content (AvgIpc) is 2.46. The Kier molecular flexibility index (Phi) is 4.70. The lowest BCUT2D eigenvalue weighted by Crippen LogP contribution is -2.36. The molecule has 1 aromatic carbocycles. The van der Waals surface area contributed by atoms with E-state index in [-0.39, 0.29) is 6.04 Å². The molecule has 3 nitrogen and oxygen atoms in total. The minimum absolute atomic E-state index is 0.00634. The zero-order valence-corrected chi connectivity index (χ0v) is 12.4. The molecule has 2 atom stereocenters. The van der Waals surface area contributed by atoms with E-state index in [1.807, 2.05) is 13.0 Å². The quantitative estimate of drug-likeness (QED) is 0.904. The minimum atomic E-state index is -0.00634. The predicted octanol–water partition coefficient (Wildman–Crippen LogP) is 3.34. The van der Waals surface area contributed by atoms with Gasteiger partial charge in [-0.3, -0.25) is 0 Å². The number of ether oxygens (including phenoxy) is 1. The lowest BCUT2D eigenvalue weighted by atomic mass is 9.94. The van der Waals surface area contributed by atoms with Crippen LogP contribution in [0.2, 0.25) is 0 Å². The van der Waals surface area contributed by atoms with Gasteiger partial charge in [-0.25, -0.2) is 0 Å². The molecular formula is C16H26N2O. The van der Waals surface area contributed by atoms with Crippen molar-refractivity contribution >= 4 is 5.69 Å². The van der Waals surface area contributed by atoms with Gasteiger partial charge in [0.1, 0.15) is 5.75 Å². The molecule has 0 spiro atoms. The monoisotopic (exact) mass is 262 g/mol. The third-order valence-electron chi connectivity index (χ3n) is 4.16. The van der Waals surface area contributed by atoms with Gasteiger partial charge in [0.2, 0.25) is 0 Å². The highest BCUT2D eigenvalue weighted by Crippen LogP contribution is 2.35. The largest absolute Gasteiger partial charge is 0.496 e. The summed E-state index contributed by atoms with van der Waals surface area (Å²) < 4.78 is 5.48. The Morgan fingerprint density at radius 1 is 1.47 bits per heavy atom. The van der Waals surface area contributed by atoms with Crippen molar-refractivity contribution < 1.29 is 4.74 Å². The highest BCUT2D eigenvalue weighted by molar-refractivity contribution is 5.61. The molecule has 1 unspecified atom stereocenters. The Morgan fingerprint density at radius 3 is 2.89 bits per heavy atom. The fourth-order valence-corrected chi connectivity index (χ4v) is 3.06. The Balaban J connectivity index is 2.33. The maximum Gasteiger partial charge on any atom is 0.125 e. The van der Waals surface area contributed by atoms with Crippen molar-refractivity contribution in [2.24, 2.45) is 11.7 Å². The number of hydrogen-bond donors (Lipinski definition) is 1. The number of nitrogens with two attached hydrogens (primary N) is 1. The molecule has 2 rings (SSSR count). The van der Waals surface area contributed by atoms with Gasteiger partial charge in [0.25, 0.3) is 0 Å². The molecule has 1 aliphatic heterocycles. The van der Waals surface area contributed by atoms with Crippen LogP contribution in [0.15, 0.2) is 18.2 Å². The van der Waals surface area contributed by atoms with Crippen LogP contribution in [0.1, 0.15) is 44.7 Å². The van der Waals surface area contributed by atoms with Crippen LogP contribution in [-0.4, -0.2) is 20.2 Å². The van der Waals surface area contributed by atoms with Gasteiger partial charge >= 0.3 is 0 Å². The van der Waals surface area contributed by atoms with Crippen molar-refractivity contribution in [2.75, 3.05) is 25.1 Å². The van der Waals surface area contributed by atoms with Gasteiger partial charge in [-0.1, -0.05) is 19.4 Å². The molecule has 1 aliphatic rings. The van der Waals surface area contributed by atoms with Crippen molar-refractivity contribution in [3.05, 3.63) is 23.8 Å². The third-order valence-corrected chi connectivity index (χ3v) is 4.16. The van der Waals surface area contributed by atoms with Crippen LogP contribution in [0.4, 0.5) is 5.69 Å². The Morgan fingerprint density at radius 2 is 2.26 bits per heavy atom. The molecule has 3 heteroatoms. The first-order chi connectivity index (χ1) is 9.17. The predicted molar refractivity (Wildman–Crippen MR) is 80.8 cm³/mol. The van der Waals surface area contributed by atoms with Gasteiger partial charge in [0.15, 0.2) is 0 Å². The molecule has 1 fully saturated rings. The maximum atomic E-state index is 6.16. The summed E-state index contributed by atoms with van der Waals surface area (Å²) >= 11 is 0. The molecule has 19 heavy (non-hydrogen) atoms. The van der Waals surface area contributed by atoms with Crippen LogP contribution in [0.5, 0.6) is 5.75 Å². The lowest BCUT2D eigenvalue weighted by molar-refractivity contribution is 0.396. The molecule has 1 aromatic rings. The normalized spacial score (nSPS) is 21.3. The van der Waals surface area contributed by atoms with Crippen LogP contribution < -0.4 is 15.4 Å². The molecule has 0 bridgehead atoms. The second kappa shape index (κ2) is 6.29. The fraction of sp³-hybridized carbons (Fsp3) is 0.625. The molecule has 0 aliphatic carbocycles. The van der Waals surface area contributed by atoms with Gasteiger partial charge < -0.3 is 15.4 Å². The van der Waals surface area contributed by atoms with E-state index in [1.54, 1.807) is 7.11 Å². The zero-order valence-electron chi connectivity index (χ0n) is 12.4. The number of piperidine rings is 1. The van der Waals surface area contributed by atoms with Crippen molar-refractivity contribution in [1.82, 2.24) is 0 Å². The second-order valence-electron chi connectivity index (χ2n) is 5.54.